The van der Waals surface area contributed by atoms with Crippen molar-refractivity contribution >= 4 is 0 Å². The maximum atomic E-state index is 10.5. The molecular formula is C12H18O. The number of hydrogen-bond acceptors (Lipinski definition) is 1. The maximum Gasteiger partial charge on any atom is 0.0777 e. The van der Waals surface area contributed by atoms with E-state index in [0.717, 1.165) is 6.42 Å². The van der Waals surface area contributed by atoms with Crippen molar-refractivity contribution in [2.75, 3.05) is 0 Å². The van der Waals surface area contributed by atoms with E-state index >= 15 is 0 Å². The number of allylic oxidation sites excluding steroid dienone is 1. The zero-order valence-electron chi connectivity index (χ0n) is 8.13. The van der Waals surface area contributed by atoms with Crippen molar-refractivity contribution in [1.82, 2.24) is 0 Å². The second-order valence-corrected chi connectivity index (χ2v) is 4.98. The summed E-state index contributed by atoms with van der Waals surface area (Å²) < 4.78 is 0. The van der Waals surface area contributed by atoms with Crippen LogP contribution in [0, 0.1) is 11.8 Å². The molecule has 0 aromatic heterocycles. The average Bonchev–Trinajstić information content (AvgIpc) is 2.17. The smallest absolute Gasteiger partial charge is 0.0777 e. The molecule has 3 rings (SSSR count). The van der Waals surface area contributed by atoms with Crippen molar-refractivity contribution < 1.29 is 5.11 Å². The van der Waals surface area contributed by atoms with Gasteiger partial charge in [0.05, 0.1) is 5.60 Å². The molecule has 72 valence electrons. The topological polar surface area (TPSA) is 20.2 Å². The van der Waals surface area contributed by atoms with Crippen molar-refractivity contribution in [2.45, 2.75) is 50.5 Å². The molecule has 1 N–H and O–H groups in total. The van der Waals surface area contributed by atoms with Crippen molar-refractivity contribution in [3.8, 4) is 0 Å². The second-order valence-electron chi connectivity index (χ2n) is 4.98. The minimum absolute atomic E-state index is 0.259. The van der Waals surface area contributed by atoms with Gasteiger partial charge in [-0.05, 0) is 32.1 Å². The summed E-state index contributed by atoms with van der Waals surface area (Å²) in [7, 11) is 0. The lowest BCUT2D eigenvalue weighted by Gasteiger charge is -2.59. The molecule has 0 amide bonds. The highest BCUT2D eigenvalue weighted by Gasteiger charge is 2.57. The minimum atomic E-state index is -0.259. The van der Waals surface area contributed by atoms with Gasteiger partial charge in [0.2, 0.25) is 0 Å². The molecule has 3 aliphatic carbocycles. The highest BCUT2D eigenvalue weighted by atomic mass is 16.3. The minimum Gasteiger partial charge on any atom is -0.389 e. The van der Waals surface area contributed by atoms with Crippen LogP contribution in [0.4, 0.5) is 0 Å². The highest BCUT2D eigenvalue weighted by molar-refractivity contribution is 5.33. The Hall–Kier alpha value is -0.300. The van der Waals surface area contributed by atoms with Gasteiger partial charge in [-0.2, -0.15) is 0 Å². The summed E-state index contributed by atoms with van der Waals surface area (Å²) in [6.45, 7) is 0. The predicted octanol–water partition coefficient (Wildman–Crippen LogP) is 2.65. The van der Waals surface area contributed by atoms with Gasteiger partial charge >= 0.3 is 0 Å². The first-order valence-corrected chi connectivity index (χ1v) is 5.75. The van der Waals surface area contributed by atoms with E-state index in [2.05, 4.69) is 6.08 Å². The lowest BCUT2D eigenvalue weighted by molar-refractivity contribution is -0.131. The fourth-order valence-corrected chi connectivity index (χ4v) is 3.78. The quantitative estimate of drug-likeness (QED) is 0.565. The first-order valence-electron chi connectivity index (χ1n) is 5.75. The molecule has 0 aromatic carbocycles. The van der Waals surface area contributed by atoms with Crippen LogP contribution in [0.5, 0.6) is 0 Å². The first kappa shape index (κ1) is 8.05. The van der Waals surface area contributed by atoms with Crippen LogP contribution in [0.2, 0.25) is 0 Å². The van der Waals surface area contributed by atoms with Crippen LogP contribution in [0.15, 0.2) is 11.6 Å². The molecule has 0 aromatic rings. The monoisotopic (exact) mass is 178 g/mol. The molecule has 3 atom stereocenters. The van der Waals surface area contributed by atoms with Crippen LogP contribution in [-0.2, 0) is 0 Å². The lowest BCUT2D eigenvalue weighted by atomic mass is 9.49. The number of fused-ring (bicyclic) bond motifs is 4. The van der Waals surface area contributed by atoms with Gasteiger partial charge in [0, 0.05) is 11.8 Å². The van der Waals surface area contributed by atoms with Crippen molar-refractivity contribution in [3.63, 3.8) is 0 Å². The van der Waals surface area contributed by atoms with E-state index in [1.807, 2.05) is 0 Å². The Morgan fingerprint density at radius 1 is 1.15 bits per heavy atom. The Labute approximate surface area is 79.8 Å². The third-order valence-corrected chi connectivity index (χ3v) is 4.41. The largest absolute Gasteiger partial charge is 0.389 e. The molecule has 0 heterocycles. The van der Waals surface area contributed by atoms with E-state index in [1.165, 1.54) is 38.5 Å². The van der Waals surface area contributed by atoms with E-state index < -0.39 is 0 Å². The predicted molar refractivity (Wildman–Crippen MR) is 52.3 cm³/mol. The van der Waals surface area contributed by atoms with Crippen LogP contribution in [0.25, 0.3) is 0 Å². The molecule has 0 spiro atoms. The molecule has 0 radical (unpaired) electrons. The third kappa shape index (κ3) is 0.914. The van der Waals surface area contributed by atoms with Gasteiger partial charge in [0.1, 0.15) is 0 Å². The van der Waals surface area contributed by atoms with E-state index in [0.29, 0.717) is 11.8 Å². The molecule has 1 heteroatoms. The zero-order valence-corrected chi connectivity index (χ0v) is 8.13. The summed E-state index contributed by atoms with van der Waals surface area (Å²) in [5.74, 6) is 1.12. The van der Waals surface area contributed by atoms with Crippen LogP contribution in [0.3, 0.4) is 0 Å². The van der Waals surface area contributed by atoms with E-state index in [1.54, 1.807) is 5.57 Å². The third-order valence-electron chi connectivity index (χ3n) is 4.41. The molecular weight excluding hydrogens is 160 g/mol. The van der Waals surface area contributed by atoms with Gasteiger partial charge in [-0.25, -0.2) is 0 Å². The SMILES string of the molecule is O[C@]12CCCC[C@H]1C1=CCCCC12. The summed E-state index contributed by atoms with van der Waals surface area (Å²) in [6, 6.07) is 0. The van der Waals surface area contributed by atoms with Crippen molar-refractivity contribution in [3.05, 3.63) is 11.6 Å². The zero-order chi connectivity index (χ0) is 8.89. The summed E-state index contributed by atoms with van der Waals surface area (Å²) in [4.78, 5) is 0. The molecule has 3 aliphatic rings. The maximum absolute atomic E-state index is 10.5. The molecule has 2 saturated carbocycles. The molecule has 0 aliphatic heterocycles. The van der Waals surface area contributed by atoms with E-state index in [4.69, 9.17) is 0 Å². The standard InChI is InChI=1S/C12H18O/c13-12-8-4-3-7-11(12)9-5-1-2-6-10(9)12/h5,10-11,13H,1-4,6-8H2/t10?,11-,12-/m0/s1. The van der Waals surface area contributed by atoms with Gasteiger partial charge < -0.3 is 5.11 Å². The second kappa shape index (κ2) is 2.60. The number of hydrogen-bond donors (Lipinski definition) is 1. The summed E-state index contributed by atoms with van der Waals surface area (Å²) in [6.07, 6.45) is 11.1. The molecule has 1 nitrogen and oxygen atoms in total. The van der Waals surface area contributed by atoms with Crippen LogP contribution in [-0.4, -0.2) is 10.7 Å². The fraction of sp³-hybridized carbons (Fsp3) is 0.833. The summed E-state index contributed by atoms with van der Waals surface area (Å²) in [5, 5.41) is 10.5. The van der Waals surface area contributed by atoms with Gasteiger partial charge in [-0.3, -0.25) is 0 Å². The molecule has 13 heavy (non-hydrogen) atoms. The Morgan fingerprint density at radius 2 is 1.92 bits per heavy atom. The Kier molecular flexibility index (Phi) is 1.61. The van der Waals surface area contributed by atoms with Crippen LogP contribution >= 0.6 is 0 Å². The molecule has 0 bridgehead atoms. The lowest BCUT2D eigenvalue weighted by Crippen LogP contribution is -2.59. The molecule has 1 unspecified atom stereocenters. The Bertz CT molecular complexity index is 256. The van der Waals surface area contributed by atoms with Crippen LogP contribution < -0.4 is 0 Å². The summed E-state index contributed by atoms with van der Waals surface area (Å²) >= 11 is 0. The van der Waals surface area contributed by atoms with Gasteiger partial charge in [-0.1, -0.05) is 24.5 Å². The average molecular weight is 178 g/mol. The number of aliphatic hydroxyl groups is 1. The Morgan fingerprint density at radius 3 is 2.77 bits per heavy atom. The van der Waals surface area contributed by atoms with Crippen LogP contribution in [0.1, 0.15) is 44.9 Å². The molecule has 0 saturated heterocycles. The number of rotatable bonds is 0. The van der Waals surface area contributed by atoms with Gasteiger partial charge in [-0.15, -0.1) is 0 Å². The molecule has 2 fully saturated rings. The van der Waals surface area contributed by atoms with E-state index in [9.17, 15) is 5.11 Å². The van der Waals surface area contributed by atoms with Gasteiger partial charge in [0.15, 0.2) is 0 Å². The Balaban J connectivity index is 1.92. The first-order chi connectivity index (χ1) is 6.32. The van der Waals surface area contributed by atoms with Gasteiger partial charge in [0.25, 0.3) is 0 Å². The summed E-state index contributed by atoms with van der Waals surface area (Å²) in [5.41, 5.74) is 1.36. The normalized spacial score (nSPS) is 48.5. The fourth-order valence-electron chi connectivity index (χ4n) is 3.78. The van der Waals surface area contributed by atoms with Crippen molar-refractivity contribution in [2.24, 2.45) is 11.8 Å². The van der Waals surface area contributed by atoms with Crippen molar-refractivity contribution in [1.29, 1.82) is 0 Å². The van der Waals surface area contributed by atoms with E-state index in [-0.39, 0.29) is 5.60 Å². The highest BCUT2D eigenvalue weighted by Crippen LogP contribution is 2.59.